The molecule has 0 heterocycles. The Morgan fingerprint density at radius 1 is 1.33 bits per heavy atom. The molecule has 1 N–H and O–H groups in total. The van der Waals surface area contributed by atoms with Gasteiger partial charge in [0.25, 0.3) is 0 Å². The van der Waals surface area contributed by atoms with E-state index in [4.69, 9.17) is 0 Å². The molecule has 0 saturated carbocycles. The lowest BCUT2D eigenvalue weighted by Crippen LogP contribution is -2.13. The Bertz CT molecular complexity index is 475. The monoisotopic (exact) mass is 239 g/mol. The fourth-order valence-electron chi connectivity index (χ4n) is 1.28. The molecule has 2 nitrogen and oxygen atoms in total. The minimum atomic E-state index is -0.162. The first-order valence-electron chi connectivity index (χ1n) is 5.97. The number of nitrogens with one attached hydrogen (secondary N) is 1. The standard InChI is InChI=1S/C16H17NO/c1-2-3-4-8-13-16(18)17-14-9-12-15-10-6-5-7-11-15/h5-11,13-14H,2,12H2,1H3,(H,17,18)/b13-8-,14-9+. The van der Waals surface area contributed by atoms with Crippen LogP contribution < -0.4 is 5.32 Å². The van der Waals surface area contributed by atoms with Crippen molar-refractivity contribution in [3.05, 3.63) is 60.3 Å². The molecule has 0 aromatic heterocycles. The van der Waals surface area contributed by atoms with Gasteiger partial charge in [-0.2, -0.15) is 0 Å². The molecule has 2 heteroatoms. The summed E-state index contributed by atoms with van der Waals surface area (Å²) in [4.78, 5) is 11.3. The van der Waals surface area contributed by atoms with Crippen LogP contribution in [0.4, 0.5) is 0 Å². The van der Waals surface area contributed by atoms with Crippen LogP contribution >= 0.6 is 0 Å². The second-order valence-corrected chi connectivity index (χ2v) is 3.61. The fraction of sp³-hybridized carbons (Fsp3) is 0.188. The summed E-state index contributed by atoms with van der Waals surface area (Å²) in [5.41, 5.74) is 1.22. The SMILES string of the molecule is CCC#C/C=C\C(=O)N/C=C/Cc1ccccc1. The number of hydrogen-bond acceptors (Lipinski definition) is 1. The van der Waals surface area contributed by atoms with Crippen LogP contribution in [0.2, 0.25) is 0 Å². The van der Waals surface area contributed by atoms with E-state index in [-0.39, 0.29) is 5.91 Å². The highest BCUT2D eigenvalue weighted by Crippen LogP contribution is 1.99. The molecule has 1 aromatic rings. The number of allylic oxidation sites excluding steroid dienone is 2. The Kier molecular flexibility index (Phi) is 6.77. The van der Waals surface area contributed by atoms with E-state index in [0.29, 0.717) is 0 Å². The average Bonchev–Trinajstić information content (AvgIpc) is 2.41. The van der Waals surface area contributed by atoms with Crippen molar-refractivity contribution in [1.82, 2.24) is 5.32 Å². The van der Waals surface area contributed by atoms with Crippen molar-refractivity contribution in [2.45, 2.75) is 19.8 Å². The van der Waals surface area contributed by atoms with E-state index >= 15 is 0 Å². The molecule has 18 heavy (non-hydrogen) atoms. The Labute approximate surface area is 108 Å². The van der Waals surface area contributed by atoms with Crippen molar-refractivity contribution in [2.24, 2.45) is 0 Å². The van der Waals surface area contributed by atoms with Gasteiger partial charge < -0.3 is 5.32 Å². The molecular formula is C16H17NO. The van der Waals surface area contributed by atoms with E-state index in [1.165, 1.54) is 11.6 Å². The summed E-state index contributed by atoms with van der Waals surface area (Å²) in [6.45, 7) is 1.97. The van der Waals surface area contributed by atoms with Crippen molar-refractivity contribution in [3.8, 4) is 11.8 Å². The molecule has 0 aliphatic heterocycles. The topological polar surface area (TPSA) is 29.1 Å². The zero-order chi connectivity index (χ0) is 13.1. The Hall–Kier alpha value is -2.27. The molecule has 0 spiro atoms. The van der Waals surface area contributed by atoms with Crippen LogP contribution in [0.5, 0.6) is 0 Å². The number of rotatable bonds is 4. The smallest absolute Gasteiger partial charge is 0.248 e. The number of hydrogen-bond donors (Lipinski definition) is 1. The number of carbonyl (C=O) groups is 1. The minimum Gasteiger partial charge on any atom is -0.329 e. The molecule has 0 bridgehead atoms. The molecule has 1 amide bonds. The van der Waals surface area contributed by atoms with Gasteiger partial charge in [0.1, 0.15) is 0 Å². The van der Waals surface area contributed by atoms with E-state index in [1.54, 1.807) is 12.3 Å². The average molecular weight is 239 g/mol. The second-order valence-electron chi connectivity index (χ2n) is 3.61. The van der Waals surface area contributed by atoms with Crippen LogP contribution in [0.15, 0.2) is 54.8 Å². The second kappa shape index (κ2) is 8.83. The van der Waals surface area contributed by atoms with Crippen LogP contribution in [-0.2, 0) is 11.2 Å². The van der Waals surface area contributed by atoms with Gasteiger partial charge in [0.15, 0.2) is 0 Å². The van der Waals surface area contributed by atoms with Gasteiger partial charge in [-0.3, -0.25) is 4.79 Å². The molecule has 0 radical (unpaired) electrons. The summed E-state index contributed by atoms with van der Waals surface area (Å²) >= 11 is 0. The summed E-state index contributed by atoms with van der Waals surface area (Å²) in [6.07, 6.45) is 8.16. The molecule has 1 aromatic carbocycles. The van der Waals surface area contributed by atoms with Crippen molar-refractivity contribution >= 4 is 5.91 Å². The lowest BCUT2D eigenvalue weighted by molar-refractivity contribution is -0.115. The molecular weight excluding hydrogens is 222 g/mol. The molecule has 0 aliphatic rings. The van der Waals surface area contributed by atoms with E-state index in [9.17, 15) is 4.79 Å². The van der Waals surface area contributed by atoms with E-state index in [2.05, 4.69) is 17.2 Å². The van der Waals surface area contributed by atoms with Gasteiger partial charge in [-0.1, -0.05) is 55.2 Å². The van der Waals surface area contributed by atoms with Crippen molar-refractivity contribution in [2.75, 3.05) is 0 Å². The highest BCUT2D eigenvalue weighted by atomic mass is 16.1. The summed E-state index contributed by atoms with van der Waals surface area (Å²) in [7, 11) is 0. The van der Waals surface area contributed by atoms with Crippen LogP contribution in [0.25, 0.3) is 0 Å². The van der Waals surface area contributed by atoms with Gasteiger partial charge in [-0.15, -0.1) is 0 Å². The molecule has 92 valence electrons. The lowest BCUT2D eigenvalue weighted by Gasteiger charge is -1.95. The Balaban J connectivity index is 2.28. The molecule has 0 atom stereocenters. The highest BCUT2D eigenvalue weighted by Gasteiger charge is 1.89. The van der Waals surface area contributed by atoms with Gasteiger partial charge in [-0.05, 0) is 18.1 Å². The first-order valence-corrected chi connectivity index (χ1v) is 5.97. The third-order valence-electron chi connectivity index (χ3n) is 2.14. The molecule has 1 rings (SSSR count). The van der Waals surface area contributed by atoms with Crippen LogP contribution in [0, 0.1) is 11.8 Å². The summed E-state index contributed by atoms with van der Waals surface area (Å²) in [5, 5.41) is 2.66. The third-order valence-corrected chi connectivity index (χ3v) is 2.14. The van der Waals surface area contributed by atoms with Gasteiger partial charge in [-0.25, -0.2) is 0 Å². The van der Waals surface area contributed by atoms with Crippen LogP contribution in [0.3, 0.4) is 0 Å². The molecule has 0 aliphatic carbocycles. The summed E-state index contributed by atoms with van der Waals surface area (Å²) in [5.74, 6) is 5.46. The maximum absolute atomic E-state index is 11.3. The zero-order valence-electron chi connectivity index (χ0n) is 10.5. The first-order chi connectivity index (χ1) is 8.83. The van der Waals surface area contributed by atoms with Crippen molar-refractivity contribution in [3.63, 3.8) is 0 Å². The lowest BCUT2D eigenvalue weighted by atomic mass is 10.1. The van der Waals surface area contributed by atoms with Crippen LogP contribution in [0.1, 0.15) is 18.9 Å². The quantitative estimate of drug-likeness (QED) is 0.635. The van der Waals surface area contributed by atoms with Crippen LogP contribution in [-0.4, -0.2) is 5.91 Å². The van der Waals surface area contributed by atoms with Gasteiger partial charge in [0, 0.05) is 18.7 Å². The summed E-state index contributed by atoms with van der Waals surface area (Å²) < 4.78 is 0. The highest BCUT2D eigenvalue weighted by molar-refractivity contribution is 5.88. The van der Waals surface area contributed by atoms with Gasteiger partial charge in [0.05, 0.1) is 0 Å². The summed E-state index contributed by atoms with van der Waals surface area (Å²) in [6, 6.07) is 10.1. The normalized spacial score (nSPS) is 10.3. The Morgan fingerprint density at radius 3 is 2.83 bits per heavy atom. The largest absolute Gasteiger partial charge is 0.329 e. The number of benzene rings is 1. The van der Waals surface area contributed by atoms with Crippen molar-refractivity contribution < 1.29 is 4.79 Å². The maximum Gasteiger partial charge on any atom is 0.248 e. The zero-order valence-corrected chi connectivity index (χ0v) is 10.5. The predicted molar refractivity (Wildman–Crippen MR) is 74.6 cm³/mol. The fourth-order valence-corrected chi connectivity index (χ4v) is 1.28. The van der Waals surface area contributed by atoms with Gasteiger partial charge >= 0.3 is 0 Å². The maximum atomic E-state index is 11.3. The van der Waals surface area contributed by atoms with Gasteiger partial charge in [0.2, 0.25) is 5.91 Å². The predicted octanol–water partition coefficient (Wildman–Crippen LogP) is 2.83. The molecule has 0 saturated heterocycles. The first kappa shape index (κ1) is 13.8. The minimum absolute atomic E-state index is 0.162. The molecule has 0 unspecified atom stereocenters. The van der Waals surface area contributed by atoms with Crippen molar-refractivity contribution in [1.29, 1.82) is 0 Å². The Morgan fingerprint density at radius 2 is 2.11 bits per heavy atom. The number of amides is 1. The molecule has 0 fully saturated rings. The number of carbonyl (C=O) groups excluding carboxylic acids is 1. The third kappa shape index (κ3) is 6.34. The van der Waals surface area contributed by atoms with E-state index < -0.39 is 0 Å². The van der Waals surface area contributed by atoms with E-state index in [1.807, 2.05) is 43.3 Å². The van der Waals surface area contributed by atoms with E-state index in [0.717, 1.165) is 12.8 Å².